The van der Waals surface area contributed by atoms with Crippen molar-refractivity contribution in [1.82, 2.24) is 5.32 Å². The molecule has 0 atom stereocenters. The van der Waals surface area contributed by atoms with Gasteiger partial charge in [0.05, 0.1) is 11.6 Å². The maximum atomic E-state index is 13.2. The van der Waals surface area contributed by atoms with E-state index in [0.717, 1.165) is 18.7 Å². The van der Waals surface area contributed by atoms with Crippen molar-refractivity contribution >= 4 is 11.6 Å². The molecule has 0 amide bonds. The molecule has 0 unspecified atom stereocenters. The van der Waals surface area contributed by atoms with Crippen molar-refractivity contribution in [2.24, 2.45) is 0 Å². The average molecular weight is 268 g/mol. The Hall–Kier alpha value is -1.32. The largest absolute Gasteiger partial charge is 0.460 e. The third-order valence-electron chi connectivity index (χ3n) is 2.58. The molecule has 1 heterocycles. The molecule has 0 radical (unpaired) electrons. The summed E-state index contributed by atoms with van der Waals surface area (Å²) in [6, 6.07) is 7.93. The molecule has 1 N–H and O–H groups in total. The second-order valence-corrected chi connectivity index (χ2v) is 4.47. The molecular formula is C14H15ClFNO. The van der Waals surface area contributed by atoms with Crippen molar-refractivity contribution in [3.8, 4) is 11.3 Å². The fraction of sp³-hybridized carbons (Fsp3) is 0.286. The van der Waals surface area contributed by atoms with Crippen molar-refractivity contribution in [2.45, 2.75) is 19.9 Å². The Morgan fingerprint density at radius 3 is 2.89 bits per heavy atom. The van der Waals surface area contributed by atoms with Crippen LogP contribution in [0.4, 0.5) is 4.39 Å². The minimum absolute atomic E-state index is 0.323. The number of halogens is 2. The number of hydrogen-bond donors (Lipinski definition) is 1. The van der Waals surface area contributed by atoms with Crippen molar-refractivity contribution in [2.75, 3.05) is 6.54 Å². The minimum atomic E-state index is -0.323. The third-order valence-corrected chi connectivity index (χ3v) is 2.91. The van der Waals surface area contributed by atoms with Crippen molar-refractivity contribution in [3.63, 3.8) is 0 Å². The maximum absolute atomic E-state index is 13.2. The van der Waals surface area contributed by atoms with Gasteiger partial charge in [-0.1, -0.05) is 18.5 Å². The van der Waals surface area contributed by atoms with Crippen LogP contribution in [-0.2, 0) is 6.54 Å². The summed E-state index contributed by atoms with van der Waals surface area (Å²) in [7, 11) is 0. The Morgan fingerprint density at radius 2 is 2.11 bits per heavy atom. The lowest BCUT2D eigenvalue weighted by molar-refractivity contribution is 0.493. The molecule has 2 rings (SSSR count). The molecule has 0 spiro atoms. The molecule has 0 aliphatic carbocycles. The molecule has 0 aliphatic rings. The quantitative estimate of drug-likeness (QED) is 0.820. The first-order chi connectivity index (χ1) is 8.70. The van der Waals surface area contributed by atoms with Gasteiger partial charge in [-0.2, -0.15) is 0 Å². The fourth-order valence-corrected chi connectivity index (χ4v) is 1.90. The lowest BCUT2D eigenvalue weighted by atomic mass is 10.2. The zero-order chi connectivity index (χ0) is 13.0. The van der Waals surface area contributed by atoms with E-state index < -0.39 is 0 Å². The number of hydrogen-bond acceptors (Lipinski definition) is 2. The average Bonchev–Trinajstić information content (AvgIpc) is 2.81. The monoisotopic (exact) mass is 267 g/mol. The first kappa shape index (κ1) is 13.1. The SMILES string of the molecule is CCCNCc1ccc(-c2cc(F)ccc2Cl)o1. The number of furan rings is 1. The number of benzene rings is 1. The predicted octanol–water partition coefficient (Wildman–Crippen LogP) is 4.24. The van der Waals surface area contributed by atoms with Gasteiger partial charge in [0.1, 0.15) is 17.3 Å². The van der Waals surface area contributed by atoms with Gasteiger partial charge in [0.15, 0.2) is 0 Å². The Kier molecular flexibility index (Phi) is 4.39. The van der Waals surface area contributed by atoms with Gasteiger partial charge < -0.3 is 9.73 Å². The van der Waals surface area contributed by atoms with E-state index in [1.165, 1.54) is 18.2 Å². The number of nitrogens with one attached hydrogen (secondary N) is 1. The second kappa shape index (κ2) is 6.03. The lowest BCUT2D eigenvalue weighted by Crippen LogP contribution is -2.12. The van der Waals surface area contributed by atoms with Crippen LogP contribution in [-0.4, -0.2) is 6.54 Å². The van der Waals surface area contributed by atoms with Gasteiger partial charge in [0.2, 0.25) is 0 Å². The van der Waals surface area contributed by atoms with Crippen molar-refractivity contribution in [1.29, 1.82) is 0 Å². The van der Waals surface area contributed by atoms with Crippen LogP contribution >= 0.6 is 11.6 Å². The van der Waals surface area contributed by atoms with Crippen molar-refractivity contribution in [3.05, 3.63) is 46.9 Å². The molecule has 0 saturated heterocycles. The highest BCUT2D eigenvalue weighted by atomic mass is 35.5. The molecule has 2 aromatic rings. The van der Waals surface area contributed by atoms with Gasteiger partial charge in [-0.25, -0.2) is 4.39 Å². The van der Waals surface area contributed by atoms with Gasteiger partial charge in [-0.15, -0.1) is 0 Å². The summed E-state index contributed by atoms with van der Waals surface area (Å²) in [6.07, 6.45) is 1.07. The minimum Gasteiger partial charge on any atom is -0.460 e. The fourth-order valence-electron chi connectivity index (χ4n) is 1.69. The maximum Gasteiger partial charge on any atom is 0.135 e. The predicted molar refractivity (Wildman–Crippen MR) is 71.1 cm³/mol. The summed E-state index contributed by atoms with van der Waals surface area (Å²) in [5, 5.41) is 3.73. The zero-order valence-corrected chi connectivity index (χ0v) is 10.9. The summed E-state index contributed by atoms with van der Waals surface area (Å²) in [5.74, 6) is 1.09. The Labute approximate surface area is 111 Å². The van der Waals surface area contributed by atoms with Crippen LogP contribution in [0.15, 0.2) is 34.7 Å². The Morgan fingerprint density at radius 1 is 1.28 bits per heavy atom. The molecule has 0 saturated carbocycles. The smallest absolute Gasteiger partial charge is 0.135 e. The molecule has 1 aromatic heterocycles. The van der Waals surface area contributed by atoms with E-state index in [1.54, 1.807) is 0 Å². The van der Waals surface area contributed by atoms with Crippen LogP contribution < -0.4 is 5.32 Å². The van der Waals surface area contributed by atoms with E-state index >= 15 is 0 Å². The molecule has 0 aliphatic heterocycles. The lowest BCUT2D eigenvalue weighted by Gasteiger charge is -2.02. The molecule has 1 aromatic carbocycles. The van der Waals surface area contributed by atoms with Gasteiger partial charge >= 0.3 is 0 Å². The summed E-state index contributed by atoms with van der Waals surface area (Å²) < 4.78 is 18.8. The van der Waals surface area contributed by atoms with Gasteiger partial charge in [0.25, 0.3) is 0 Å². The van der Waals surface area contributed by atoms with Crippen LogP contribution in [0, 0.1) is 5.82 Å². The molecular weight excluding hydrogens is 253 g/mol. The Bertz CT molecular complexity index is 524. The van der Waals surface area contributed by atoms with Crippen LogP contribution in [0.25, 0.3) is 11.3 Å². The van der Waals surface area contributed by atoms with E-state index in [1.807, 2.05) is 12.1 Å². The Balaban J connectivity index is 2.16. The van der Waals surface area contributed by atoms with Gasteiger partial charge in [-0.3, -0.25) is 0 Å². The molecule has 0 bridgehead atoms. The van der Waals surface area contributed by atoms with E-state index in [-0.39, 0.29) is 5.82 Å². The number of rotatable bonds is 5. The van der Waals surface area contributed by atoms with Crippen LogP contribution in [0.3, 0.4) is 0 Å². The molecule has 4 heteroatoms. The molecule has 2 nitrogen and oxygen atoms in total. The van der Waals surface area contributed by atoms with Crippen LogP contribution in [0.2, 0.25) is 5.02 Å². The highest BCUT2D eigenvalue weighted by Crippen LogP contribution is 2.29. The normalized spacial score (nSPS) is 10.8. The summed E-state index contributed by atoms with van der Waals surface area (Å²) >= 11 is 6.02. The molecule has 96 valence electrons. The highest BCUT2D eigenvalue weighted by molar-refractivity contribution is 6.33. The van der Waals surface area contributed by atoms with E-state index in [2.05, 4.69) is 12.2 Å². The topological polar surface area (TPSA) is 25.2 Å². The van der Waals surface area contributed by atoms with Crippen LogP contribution in [0.1, 0.15) is 19.1 Å². The second-order valence-electron chi connectivity index (χ2n) is 4.07. The summed E-state index contributed by atoms with van der Waals surface area (Å²) in [5.41, 5.74) is 0.582. The third kappa shape index (κ3) is 3.12. The highest BCUT2D eigenvalue weighted by Gasteiger charge is 2.09. The summed E-state index contributed by atoms with van der Waals surface area (Å²) in [4.78, 5) is 0. The molecule has 0 fully saturated rings. The van der Waals surface area contributed by atoms with E-state index in [0.29, 0.717) is 22.9 Å². The van der Waals surface area contributed by atoms with Crippen molar-refractivity contribution < 1.29 is 8.81 Å². The summed E-state index contributed by atoms with van der Waals surface area (Å²) in [6.45, 7) is 3.71. The molecule has 18 heavy (non-hydrogen) atoms. The van der Waals surface area contributed by atoms with Crippen LogP contribution in [0.5, 0.6) is 0 Å². The van der Waals surface area contributed by atoms with E-state index in [9.17, 15) is 4.39 Å². The van der Waals surface area contributed by atoms with Gasteiger partial charge in [0, 0.05) is 5.56 Å². The first-order valence-electron chi connectivity index (χ1n) is 5.95. The first-order valence-corrected chi connectivity index (χ1v) is 6.33. The standard InChI is InChI=1S/C14H15ClFNO/c1-2-7-17-9-11-4-6-14(18-11)12-8-10(16)3-5-13(12)15/h3-6,8,17H,2,7,9H2,1H3. The van der Waals surface area contributed by atoms with Gasteiger partial charge in [-0.05, 0) is 43.3 Å². The zero-order valence-electron chi connectivity index (χ0n) is 10.2. The van der Waals surface area contributed by atoms with E-state index in [4.69, 9.17) is 16.0 Å².